The van der Waals surface area contributed by atoms with Crippen LogP contribution in [0, 0.1) is 5.41 Å². The van der Waals surface area contributed by atoms with Gasteiger partial charge < -0.3 is 10.6 Å². The molecule has 10 heteroatoms. The predicted molar refractivity (Wildman–Crippen MR) is 146 cm³/mol. The van der Waals surface area contributed by atoms with Crippen LogP contribution in [0.1, 0.15) is 18.9 Å². The Hall–Kier alpha value is -4.86. The topological polar surface area (TPSA) is 103 Å². The monoisotopic (exact) mass is 528 g/mol. The van der Waals surface area contributed by atoms with Gasteiger partial charge in [-0.05, 0) is 36.8 Å². The van der Waals surface area contributed by atoms with E-state index < -0.39 is 23.7 Å². The first kappa shape index (κ1) is 25.8. The molecule has 3 N–H and O–H groups in total. The van der Waals surface area contributed by atoms with Crippen LogP contribution in [0.15, 0.2) is 95.5 Å². The molecule has 2 heterocycles. The van der Waals surface area contributed by atoms with Gasteiger partial charge in [0.05, 0.1) is 17.1 Å². The van der Waals surface area contributed by atoms with Crippen molar-refractivity contribution >= 4 is 39.9 Å². The second-order valence-corrected chi connectivity index (χ2v) is 8.85. The molecular weight excluding hydrogens is 505 g/mol. The van der Waals surface area contributed by atoms with Crippen LogP contribution in [-0.2, 0) is 11.0 Å². The molecule has 0 saturated carbocycles. The van der Waals surface area contributed by atoms with Gasteiger partial charge in [0.2, 0.25) is 5.91 Å². The first-order valence-corrected chi connectivity index (χ1v) is 12.2. The van der Waals surface area contributed by atoms with Gasteiger partial charge in [0.15, 0.2) is 11.7 Å². The number of nitrogens with one attached hydrogen (secondary N) is 3. The van der Waals surface area contributed by atoms with E-state index in [4.69, 9.17) is 10.4 Å². The van der Waals surface area contributed by atoms with E-state index in [2.05, 4.69) is 20.6 Å². The van der Waals surface area contributed by atoms with Gasteiger partial charge in [-0.1, -0.05) is 55.5 Å². The first-order valence-electron chi connectivity index (χ1n) is 12.2. The molecule has 3 aromatic carbocycles. The molecule has 1 unspecified atom stereocenters. The molecule has 5 rings (SSSR count). The molecule has 1 atom stereocenters. The number of alkyl halides is 3. The molecule has 0 radical (unpaired) electrons. The number of rotatable bonds is 5. The zero-order chi connectivity index (χ0) is 27.6. The van der Waals surface area contributed by atoms with E-state index in [1.165, 1.54) is 18.2 Å². The maximum atomic E-state index is 13.0. The lowest BCUT2D eigenvalue weighted by molar-refractivity contribution is -0.137. The van der Waals surface area contributed by atoms with E-state index >= 15 is 0 Å². The molecule has 0 spiro atoms. The summed E-state index contributed by atoms with van der Waals surface area (Å²) in [5, 5.41) is 15.1. The van der Waals surface area contributed by atoms with Crippen LogP contribution in [0.25, 0.3) is 22.3 Å². The number of fused-ring (bicyclic) bond motifs is 1. The summed E-state index contributed by atoms with van der Waals surface area (Å²) < 4.78 is 39.1. The molecule has 1 aliphatic rings. The molecule has 0 aliphatic carbocycles. The number of halogens is 3. The Labute approximate surface area is 222 Å². The van der Waals surface area contributed by atoms with Crippen molar-refractivity contribution in [2.24, 2.45) is 4.99 Å². The molecule has 0 saturated heterocycles. The zero-order valence-electron chi connectivity index (χ0n) is 20.8. The van der Waals surface area contributed by atoms with E-state index in [0.717, 1.165) is 23.1 Å². The minimum absolute atomic E-state index is 0.00409. The Morgan fingerprint density at radius 2 is 1.74 bits per heavy atom. The number of carbonyl (C=O) groups excluding carboxylic acids is 1. The standard InChI is InChI=1S/C29H23F3N6O/c1-2-22-21(16-24(39)34-19-12-8-11-18(15-19)29(30,31)32)25(33)28(35-22)38-27-20-13-6-7-14-23(20)36-26(37-27)17-9-4-3-5-10-17/h3-16,22,33H,2H2,1H3,(H,34,39)(H,35,36,37,38)/b21-16-,33-25?. The van der Waals surface area contributed by atoms with Crippen LogP contribution in [0.2, 0.25) is 0 Å². The van der Waals surface area contributed by atoms with Crippen LogP contribution < -0.4 is 10.6 Å². The van der Waals surface area contributed by atoms with Crippen molar-refractivity contribution in [3.8, 4) is 11.4 Å². The Kier molecular flexibility index (Phi) is 6.93. The Morgan fingerprint density at radius 1 is 1.00 bits per heavy atom. The smallest absolute Gasteiger partial charge is 0.323 e. The number of anilines is 2. The fourth-order valence-electron chi connectivity index (χ4n) is 4.26. The highest BCUT2D eigenvalue weighted by Gasteiger charge is 2.31. The number of hydrogen-bond acceptors (Lipinski definition) is 6. The van der Waals surface area contributed by atoms with Gasteiger partial charge >= 0.3 is 6.18 Å². The van der Waals surface area contributed by atoms with E-state index in [1.54, 1.807) is 0 Å². The van der Waals surface area contributed by atoms with Crippen molar-refractivity contribution in [3.05, 3.63) is 96.1 Å². The number of aliphatic imine (C=N–C) groups is 1. The van der Waals surface area contributed by atoms with Gasteiger partial charge in [-0.25, -0.2) is 9.97 Å². The number of benzene rings is 3. The summed E-state index contributed by atoms with van der Waals surface area (Å²) in [5.74, 6) is 0.559. The Morgan fingerprint density at radius 3 is 2.49 bits per heavy atom. The molecule has 196 valence electrons. The van der Waals surface area contributed by atoms with Gasteiger partial charge in [-0.2, -0.15) is 13.2 Å². The lowest BCUT2D eigenvalue weighted by Gasteiger charge is -2.11. The summed E-state index contributed by atoms with van der Waals surface area (Å²) in [7, 11) is 0. The fraction of sp³-hybridized carbons (Fsp3) is 0.138. The van der Waals surface area contributed by atoms with Crippen molar-refractivity contribution < 1.29 is 18.0 Å². The minimum atomic E-state index is -4.53. The lowest BCUT2D eigenvalue weighted by atomic mass is 10.0. The first-order chi connectivity index (χ1) is 18.7. The van der Waals surface area contributed by atoms with Crippen molar-refractivity contribution in [1.82, 2.24) is 9.97 Å². The largest absolute Gasteiger partial charge is 0.416 e. The SMILES string of the molecule is CCC1N=C(Nc2nc(-c3ccccc3)nc3ccccc23)C(=N)/C1=C\C(=O)Nc1cccc(C(F)(F)F)c1. The number of para-hydroxylation sites is 1. The number of aromatic nitrogens is 2. The Bertz CT molecular complexity index is 1630. The summed E-state index contributed by atoms with van der Waals surface area (Å²) in [6.45, 7) is 1.87. The molecule has 39 heavy (non-hydrogen) atoms. The maximum absolute atomic E-state index is 13.0. The fourth-order valence-corrected chi connectivity index (χ4v) is 4.26. The number of amides is 1. The summed E-state index contributed by atoms with van der Waals surface area (Å²) >= 11 is 0. The highest BCUT2D eigenvalue weighted by Crippen LogP contribution is 2.31. The van der Waals surface area contributed by atoms with Gasteiger partial charge in [0.1, 0.15) is 11.5 Å². The van der Waals surface area contributed by atoms with Crippen LogP contribution in [-0.4, -0.2) is 33.5 Å². The second-order valence-electron chi connectivity index (χ2n) is 8.85. The zero-order valence-corrected chi connectivity index (χ0v) is 20.8. The van der Waals surface area contributed by atoms with Gasteiger partial charge in [-0.15, -0.1) is 0 Å². The lowest BCUT2D eigenvalue weighted by Crippen LogP contribution is -2.22. The van der Waals surface area contributed by atoms with Crippen molar-refractivity contribution in [2.75, 3.05) is 10.6 Å². The number of amidine groups is 1. The highest BCUT2D eigenvalue weighted by molar-refractivity contribution is 6.52. The van der Waals surface area contributed by atoms with Crippen LogP contribution in [0.5, 0.6) is 0 Å². The van der Waals surface area contributed by atoms with Crippen LogP contribution in [0.3, 0.4) is 0 Å². The van der Waals surface area contributed by atoms with E-state index in [-0.39, 0.29) is 17.2 Å². The number of carbonyl (C=O) groups is 1. The third-order valence-electron chi connectivity index (χ3n) is 6.17. The van der Waals surface area contributed by atoms with E-state index in [0.29, 0.717) is 29.2 Å². The summed E-state index contributed by atoms with van der Waals surface area (Å²) in [5.41, 5.74) is 1.03. The highest BCUT2D eigenvalue weighted by atomic mass is 19.4. The third-order valence-corrected chi connectivity index (χ3v) is 6.17. The predicted octanol–water partition coefficient (Wildman–Crippen LogP) is 6.50. The van der Waals surface area contributed by atoms with E-state index in [9.17, 15) is 18.0 Å². The molecule has 7 nitrogen and oxygen atoms in total. The average Bonchev–Trinajstić information content (AvgIpc) is 3.22. The third kappa shape index (κ3) is 5.54. The Balaban J connectivity index is 1.42. The average molecular weight is 529 g/mol. The molecular formula is C29H23F3N6O. The van der Waals surface area contributed by atoms with Crippen molar-refractivity contribution in [2.45, 2.75) is 25.6 Å². The minimum Gasteiger partial charge on any atom is -0.323 e. The molecule has 4 aromatic rings. The summed E-state index contributed by atoms with van der Waals surface area (Å²) in [4.78, 5) is 26.7. The second kappa shape index (κ2) is 10.5. The quantitative estimate of drug-likeness (QED) is 0.257. The van der Waals surface area contributed by atoms with Gasteiger partial charge in [-0.3, -0.25) is 15.2 Å². The summed E-state index contributed by atoms with van der Waals surface area (Å²) in [6.07, 6.45) is -2.81. The molecule has 0 fully saturated rings. The molecule has 1 aromatic heterocycles. The van der Waals surface area contributed by atoms with Gasteiger partial charge in [0.25, 0.3) is 0 Å². The number of nitrogens with zero attached hydrogens (tertiary/aromatic N) is 3. The van der Waals surface area contributed by atoms with Crippen LogP contribution in [0.4, 0.5) is 24.7 Å². The maximum Gasteiger partial charge on any atom is 0.416 e. The van der Waals surface area contributed by atoms with Crippen LogP contribution >= 0.6 is 0 Å². The van der Waals surface area contributed by atoms with Crippen molar-refractivity contribution in [3.63, 3.8) is 0 Å². The summed E-state index contributed by atoms with van der Waals surface area (Å²) in [6, 6.07) is 20.9. The van der Waals surface area contributed by atoms with E-state index in [1.807, 2.05) is 61.5 Å². The molecule has 1 aliphatic heterocycles. The molecule has 1 amide bonds. The normalized spacial score (nSPS) is 16.4. The van der Waals surface area contributed by atoms with Gasteiger partial charge in [0, 0.05) is 28.3 Å². The molecule has 0 bridgehead atoms. The number of hydrogen-bond donors (Lipinski definition) is 3. The van der Waals surface area contributed by atoms with Crippen molar-refractivity contribution in [1.29, 1.82) is 5.41 Å².